The molecule has 2 rings (SSSR count). The standard InChI is InChI=1S/C11H11BrN2S2/c1-7-5-8(2)14-11(13-7)16-6-10-9(12)3-4-15-10/h3-5H,6H2,1-2H3. The first-order valence-corrected chi connectivity index (χ1v) is 7.48. The first-order chi connectivity index (χ1) is 7.65. The van der Waals surface area contributed by atoms with Gasteiger partial charge in [-0.05, 0) is 47.3 Å². The Hall–Kier alpha value is -0.390. The molecule has 0 unspecified atom stereocenters. The summed E-state index contributed by atoms with van der Waals surface area (Å²) in [5.74, 6) is 0.918. The minimum absolute atomic E-state index is 0.859. The van der Waals surface area contributed by atoms with Crippen molar-refractivity contribution in [2.45, 2.75) is 24.8 Å². The molecule has 2 nitrogen and oxygen atoms in total. The van der Waals surface area contributed by atoms with Crippen molar-refractivity contribution in [3.63, 3.8) is 0 Å². The van der Waals surface area contributed by atoms with Gasteiger partial charge in [0.15, 0.2) is 5.16 Å². The normalized spacial score (nSPS) is 10.7. The van der Waals surface area contributed by atoms with Crippen LogP contribution in [0.15, 0.2) is 27.1 Å². The first-order valence-electron chi connectivity index (χ1n) is 4.82. The van der Waals surface area contributed by atoms with Gasteiger partial charge in [0.25, 0.3) is 0 Å². The van der Waals surface area contributed by atoms with E-state index in [2.05, 4.69) is 37.3 Å². The predicted octanol–water partition coefficient (Wildman–Crippen LogP) is 4.21. The summed E-state index contributed by atoms with van der Waals surface area (Å²) in [6.07, 6.45) is 0. The lowest BCUT2D eigenvalue weighted by Gasteiger charge is -2.02. The van der Waals surface area contributed by atoms with E-state index in [9.17, 15) is 0 Å². The summed E-state index contributed by atoms with van der Waals surface area (Å²) >= 11 is 6.96. The number of hydrogen-bond donors (Lipinski definition) is 0. The Bertz CT molecular complexity index is 476. The number of rotatable bonds is 3. The molecule has 0 spiro atoms. The summed E-state index contributed by atoms with van der Waals surface area (Å²) in [6.45, 7) is 4.00. The summed E-state index contributed by atoms with van der Waals surface area (Å²) in [5, 5.41) is 2.94. The van der Waals surface area contributed by atoms with E-state index in [1.807, 2.05) is 19.9 Å². The van der Waals surface area contributed by atoms with Gasteiger partial charge in [-0.3, -0.25) is 0 Å². The molecule has 0 fully saturated rings. The zero-order valence-electron chi connectivity index (χ0n) is 9.03. The van der Waals surface area contributed by atoms with E-state index in [1.54, 1.807) is 23.1 Å². The van der Waals surface area contributed by atoms with Crippen LogP contribution in [0.3, 0.4) is 0 Å². The van der Waals surface area contributed by atoms with Gasteiger partial charge in [-0.15, -0.1) is 11.3 Å². The highest BCUT2D eigenvalue weighted by molar-refractivity contribution is 9.10. The minimum atomic E-state index is 0.859. The summed E-state index contributed by atoms with van der Waals surface area (Å²) in [4.78, 5) is 10.1. The van der Waals surface area contributed by atoms with Crippen molar-refractivity contribution in [3.8, 4) is 0 Å². The third-order valence-electron chi connectivity index (χ3n) is 1.99. The molecular formula is C11H11BrN2S2. The van der Waals surface area contributed by atoms with Crippen molar-refractivity contribution in [3.05, 3.63) is 38.3 Å². The van der Waals surface area contributed by atoms with Crippen molar-refractivity contribution in [1.82, 2.24) is 9.97 Å². The van der Waals surface area contributed by atoms with Crippen LogP contribution >= 0.6 is 39.0 Å². The molecule has 0 bridgehead atoms. The zero-order chi connectivity index (χ0) is 11.5. The largest absolute Gasteiger partial charge is 0.228 e. The van der Waals surface area contributed by atoms with E-state index in [0.29, 0.717) is 0 Å². The van der Waals surface area contributed by atoms with Gasteiger partial charge in [0.1, 0.15) is 0 Å². The molecule has 0 atom stereocenters. The van der Waals surface area contributed by atoms with Gasteiger partial charge in [-0.1, -0.05) is 11.8 Å². The molecule has 2 heterocycles. The number of thiophene rings is 1. The quantitative estimate of drug-likeness (QED) is 0.627. The maximum atomic E-state index is 4.40. The van der Waals surface area contributed by atoms with Crippen LogP contribution in [0.25, 0.3) is 0 Å². The van der Waals surface area contributed by atoms with Crippen molar-refractivity contribution < 1.29 is 0 Å². The molecule has 0 aliphatic heterocycles. The van der Waals surface area contributed by atoms with E-state index < -0.39 is 0 Å². The van der Waals surface area contributed by atoms with E-state index in [0.717, 1.165) is 22.3 Å². The number of aromatic nitrogens is 2. The lowest BCUT2D eigenvalue weighted by atomic mass is 10.4. The number of aryl methyl sites for hydroxylation is 2. The van der Waals surface area contributed by atoms with Gasteiger partial charge in [0.2, 0.25) is 0 Å². The van der Waals surface area contributed by atoms with Crippen LogP contribution in [-0.2, 0) is 5.75 Å². The molecule has 5 heteroatoms. The third-order valence-corrected chi connectivity index (χ3v) is 4.97. The van der Waals surface area contributed by atoms with Crippen LogP contribution in [0.5, 0.6) is 0 Å². The number of halogens is 1. The van der Waals surface area contributed by atoms with Crippen LogP contribution in [0.2, 0.25) is 0 Å². The average Bonchev–Trinajstić information content (AvgIpc) is 2.59. The molecule has 2 aromatic heterocycles. The van der Waals surface area contributed by atoms with Gasteiger partial charge in [-0.2, -0.15) is 0 Å². The van der Waals surface area contributed by atoms with Gasteiger partial charge in [0, 0.05) is 26.5 Å². The highest BCUT2D eigenvalue weighted by Crippen LogP contribution is 2.29. The van der Waals surface area contributed by atoms with E-state index in [4.69, 9.17) is 0 Å². The molecule has 0 aliphatic rings. The lowest BCUT2D eigenvalue weighted by Crippen LogP contribution is -1.92. The Morgan fingerprint density at radius 3 is 2.56 bits per heavy atom. The third kappa shape index (κ3) is 3.06. The monoisotopic (exact) mass is 314 g/mol. The summed E-state index contributed by atoms with van der Waals surface area (Å²) in [7, 11) is 0. The molecule has 0 saturated carbocycles. The second-order valence-corrected chi connectivity index (χ2v) is 6.21. The van der Waals surface area contributed by atoms with Crippen molar-refractivity contribution in [2.24, 2.45) is 0 Å². The van der Waals surface area contributed by atoms with E-state index in [1.165, 1.54) is 9.35 Å². The zero-order valence-corrected chi connectivity index (χ0v) is 12.2. The Labute approximate surface area is 112 Å². The van der Waals surface area contributed by atoms with Crippen LogP contribution in [0, 0.1) is 13.8 Å². The van der Waals surface area contributed by atoms with Gasteiger partial charge < -0.3 is 0 Å². The van der Waals surface area contributed by atoms with E-state index in [-0.39, 0.29) is 0 Å². The van der Waals surface area contributed by atoms with Gasteiger partial charge in [-0.25, -0.2) is 9.97 Å². The fourth-order valence-corrected chi connectivity index (χ4v) is 4.06. The van der Waals surface area contributed by atoms with Crippen molar-refractivity contribution in [1.29, 1.82) is 0 Å². The van der Waals surface area contributed by atoms with Gasteiger partial charge >= 0.3 is 0 Å². The fraction of sp³-hybridized carbons (Fsp3) is 0.273. The van der Waals surface area contributed by atoms with E-state index >= 15 is 0 Å². The second-order valence-electron chi connectivity index (χ2n) is 3.41. The highest BCUT2D eigenvalue weighted by atomic mass is 79.9. The van der Waals surface area contributed by atoms with Crippen molar-refractivity contribution >= 4 is 39.0 Å². The van der Waals surface area contributed by atoms with Crippen LogP contribution in [0.4, 0.5) is 0 Å². The minimum Gasteiger partial charge on any atom is -0.228 e. The molecule has 0 aliphatic carbocycles. The maximum Gasteiger partial charge on any atom is 0.188 e. The average molecular weight is 315 g/mol. The van der Waals surface area contributed by atoms with Crippen molar-refractivity contribution in [2.75, 3.05) is 0 Å². The van der Waals surface area contributed by atoms with Gasteiger partial charge in [0.05, 0.1) is 0 Å². The predicted molar refractivity (Wildman–Crippen MR) is 73.1 cm³/mol. The molecule has 0 saturated heterocycles. The summed E-state index contributed by atoms with van der Waals surface area (Å²) < 4.78 is 1.18. The molecule has 84 valence electrons. The Morgan fingerprint density at radius 2 is 2.00 bits per heavy atom. The molecule has 0 N–H and O–H groups in total. The van der Waals surface area contributed by atoms with Crippen LogP contribution in [-0.4, -0.2) is 9.97 Å². The first kappa shape index (κ1) is 12.1. The summed E-state index contributed by atoms with van der Waals surface area (Å²) in [6, 6.07) is 4.06. The summed E-state index contributed by atoms with van der Waals surface area (Å²) in [5.41, 5.74) is 2.06. The Balaban J connectivity index is 2.07. The molecule has 0 amide bonds. The Morgan fingerprint density at radius 1 is 1.31 bits per heavy atom. The molecule has 2 aromatic rings. The Kier molecular flexibility index (Phi) is 4.00. The number of thioether (sulfide) groups is 1. The lowest BCUT2D eigenvalue weighted by molar-refractivity contribution is 0.902. The second kappa shape index (κ2) is 5.29. The SMILES string of the molecule is Cc1cc(C)nc(SCc2sccc2Br)n1. The topological polar surface area (TPSA) is 25.8 Å². The highest BCUT2D eigenvalue weighted by Gasteiger charge is 2.05. The van der Waals surface area contributed by atoms with Crippen LogP contribution < -0.4 is 0 Å². The number of hydrogen-bond acceptors (Lipinski definition) is 4. The molecule has 0 radical (unpaired) electrons. The van der Waals surface area contributed by atoms with Crippen LogP contribution in [0.1, 0.15) is 16.3 Å². The smallest absolute Gasteiger partial charge is 0.188 e. The molecule has 0 aromatic carbocycles. The maximum absolute atomic E-state index is 4.40. The number of nitrogens with zero attached hydrogens (tertiary/aromatic N) is 2. The fourth-order valence-electron chi connectivity index (χ4n) is 1.32. The molecular weight excluding hydrogens is 304 g/mol. The molecule has 16 heavy (non-hydrogen) atoms.